The van der Waals surface area contributed by atoms with E-state index in [0.717, 1.165) is 32.0 Å². The fraction of sp³-hybridized carbons (Fsp3) is 0.333. The minimum absolute atomic E-state index is 0.0136. The molecule has 4 nitrogen and oxygen atoms in total. The summed E-state index contributed by atoms with van der Waals surface area (Å²) in [5.41, 5.74) is 1.13. The molecule has 106 valence electrons. The summed E-state index contributed by atoms with van der Waals surface area (Å²) in [6, 6.07) is 4.95. The second-order valence-electron chi connectivity index (χ2n) is 4.76. The van der Waals surface area contributed by atoms with Gasteiger partial charge in [-0.05, 0) is 43.0 Å². The van der Waals surface area contributed by atoms with E-state index in [1.54, 1.807) is 18.2 Å². The van der Waals surface area contributed by atoms with Crippen LogP contribution in [0.1, 0.15) is 35.2 Å². The van der Waals surface area contributed by atoms with E-state index in [9.17, 15) is 9.59 Å². The van der Waals surface area contributed by atoms with E-state index in [1.165, 1.54) is 12.5 Å². The molecule has 1 amide bonds. The number of halogens is 1. The molecule has 0 aromatic heterocycles. The van der Waals surface area contributed by atoms with Crippen molar-refractivity contribution in [3.63, 3.8) is 0 Å². The lowest BCUT2D eigenvalue weighted by molar-refractivity contribution is -0.131. The number of carbonyl (C=O) groups excluding carboxylic acids is 1. The van der Waals surface area contributed by atoms with E-state index in [4.69, 9.17) is 16.7 Å². The predicted molar refractivity (Wildman–Crippen MR) is 77.9 cm³/mol. The SMILES string of the molecule is O=C(O)/C=C/c1ccc(C(=O)N2CCCCC2)cc1Cl. The highest BCUT2D eigenvalue weighted by Gasteiger charge is 2.18. The maximum absolute atomic E-state index is 12.3. The summed E-state index contributed by atoms with van der Waals surface area (Å²) < 4.78 is 0. The topological polar surface area (TPSA) is 57.6 Å². The number of aliphatic carboxylic acids is 1. The van der Waals surface area contributed by atoms with E-state index >= 15 is 0 Å². The Labute approximate surface area is 122 Å². The van der Waals surface area contributed by atoms with Crippen LogP contribution in [0.2, 0.25) is 5.02 Å². The zero-order valence-corrected chi connectivity index (χ0v) is 11.8. The second-order valence-corrected chi connectivity index (χ2v) is 5.17. The number of benzene rings is 1. The molecule has 1 aromatic rings. The highest BCUT2D eigenvalue weighted by Crippen LogP contribution is 2.21. The van der Waals surface area contributed by atoms with Crippen molar-refractivity contribution in [2.75, 3.05) is 13.1 Å². The molecular formula is C15H16ClNO3. The molecule has 1 aliphatic rings. The second kappa shape index (κ2) is 6.57. The first-order chi connectivity index (χ1) is 9.58. The molecule has 5 heteroatoms. The molecule has 1 N–H and O–H groups in total. The Kier molecular flexibility index (Phi) is 4.79. The highest BCUT2D eigenvalue weighted by molar-refractivity contribution is 6.32. The van der Waals surface area contributed by atoms with Crippen LogP contribution in [0.4, 0.5) is 0 Å². The molecule has 0 bridgehead atoms. The van der Waals surface area contributed by atoms with Crippen molar-refractivity contribution in [3.8, 4) is 0 Å². The molecule has 0 atom stereocenters. The summed E-state index contributed by atoms with van der Waals surface area (Å²) in [5, 5.41) is 8.97. The van der Waals surface area contributed by atoms with Crippen molar-refractivity contribution < 1.29 is 14.7 Å². The molecular weight excluding hydrogens is 278 g/mol. The standard InChI is InChI=1S/C15H16ClNO3/c16-13-10-12(5-4-11(13)6-7-14(18)19)15(20)17-8-2-1-3-9-17/h4-7,10H,1-3,8-9H2,(H,18,19)/b7-6+. The Hall–Kier alpha value is -1.81. The van der Waals surface area contributed by atoms with Gasteiger partial charge in [-0.3, -0.25) is 4.79 Å². The molecule has 1 saturated heterocycles. The van der Waals surface area contributed by atoms with Crippen LogP contribution in [-0.4, -0.2) is 35.0 Å². The molecule has 1 aliphatic heterocycles. The molecule has 1 heterocycles. The van der Waals surface area contributed by atoms with Crippen LogP contribution in [0.15, 0.2) is 24.3 Å². The van der Waals surface area contributed by atoms with Gasteiger partial charge in [0.05, 0.1) is 0 Å². The maximum Gasteiger partial charge on any atom is 0.328 e. The summed E-state index contributed by atoms with van der Waals surface area (Å²) in [7, 11) is 0. The summed E-state index contributed by atoms with van der Waals surface area (Å²) in [6.45, 7) is 1.58. The number of amides is 1. The molecule has 0 aliphatic carbocycles. The van der Waals surface area contributed by atoms with E-state index < -0.39 is 5.97 Å². The van der Waals surface area contributed by atoms with Gasteiger partial charge in [-0.1, -0.05) is 17.7 Å². The van der Waals surface area contributed by atoms with E-state index in [2.05, 4.69) is 0 Å². The number of rotatable bonds is 3. The Bertz CT molecular complexity index is 548. The number of hydrogen-bond acceptors (Lipinski definition) is 2. The minimum Gasteiger partial charge on any atom is -0.478 e. The zero-order valence-electron chi connectivity index (χ0n) is 11.0. The molecule has 0 unspecified atom stereocenters. The predicted octanol–water partition coefficient (Wildman–Crippen LogP) is 3.06. The van der Waals surface area contributed by atoms with Crippen LogP contribution in [0.3, 0.4) is 0 Å². The Morgan fingerprint density at radius 1 is 1.20 bits per heavy atom. The first kappa shape index (κ1) is 14.6. The number of carboxylic acids is 1. The average Bonchev–Trinajstić information content (AvgIpc) is 2.46. The number of carboxylic acid groups (broad SMARTS) is 1. The Morgan fingerprint density at radius 3 is 2.50 bits per heavy atom. The smallest absolute Gasteiger partial charge is 0.328 e. The van der Waals surface area contributed by atoms with Gasteiger partial charge in [-0.15, -0.1) is 0 Å². The van der Waals surface area contributed by atoms with Crippen molar-refractivity contribution in [2.24, 2.45) is 0 Å². The van der Waals surface area contributed by atoms with Gasteiger partial charge in [0.2, 0.25) is 0 Å². The van der Waals surface area contributed by atoms with Gasteiger partial charge >= 0.3 is 5.97 Å². The van der Waals surface area contributed by atoms with Gasteiger partial charge in [0, 0.05) is 29.8 Å². The molecule has 2 rings (SSSR count). The lowest BCUT2D eigenvalue weighted by atomic mass is 10.1. The molecule has 1 fully saturated rings. The summed E-state index contributed by atoms with van der Waals surface area (Å²) in [4.78, 5) is 24.6. The van der Waals surface area contributed by atoms with Gasteiger partial charge in [0.15, 0.2) is 0 Å². The van der Waals surface area contributed by atoms with Crippen LogP contribution in [0, 0.1) is 0 Å². The normalized spacial score (nSPS) is 15.6. The number of piperidine rings is 1. The van der Waals surface area contributed by atoms with Gasteiger partial charge < -0.3 is 10.0 Å². The summed E-state index contributed by atoms with van der Waals surface area (Å²) in [5.74, 6) is -1.05. The van der Waals surface area contributed by atoms with E-state index in [0.29, 0.717) is 16.1 Å². The van der Waals surface area contributed by atoms with Crippen LogP contribution in [-0.2, 0) is 4.79 Å². The van der Waals surface area contributed by atoms with Gasteiger partial charge in [-0.25, -0.2) is 4.79 Å². The number of likely N-dealkylation sites (tertiary alicyclic amines) is 1. The van der Waals surface area contributed by atoms with Crippen molar-refractivity contribution in [1.29, 1.82) is 0 Å². The van der Waals surface area contributed by atoms with E-state index in [1.807, 2.05) is 4.90 Å². The Morgan fingerprint density at radius 2 is 1.90 bits per heavy atom. The first-order valence-corrected chi connectivity index (χ1v) is 6.95. The van der Waals surface area contributed by atoms with Crippen molar-refractivity contribution >= 4 is 29.6 Å². The Balaban J connectivity index is 2.15. The third kappa shape index (κ3) is 3.61. The summed E-state index contributed by atoms with van der Waals surface area (Å²) in [6.07, 6.45) is 5.69. The number of carbonyl (C=O) groups is 2. The fourth-order valence-corrected chi connectivity index (χ4v) is 2.48. The van der Waals surface area contributed by atoms with Crippen LogP contribution in [0.25, 0.3) is 6.08 Å². The lowest BCUT2D eigenvalue weighted by Crippen LogP contribution is -2.35. The van der Waals surface area contributed by atoms with Crippen LogP contribution in [0.5, 0.6) is 0 Å². The minimum atomic E-state index is -1.03. The molecule has 0 radical (unpaired) electrons. The summed E-state index contributed by atoms with van der Waals surface area (Å²) >= 11 is 6.08. The lowest BCUT2D eigenvalue weighted by Gasteiger charge is -2.26. The fourth-order valence-electron chi connectivity index (χ4n) is 2.24. The molecule has 20 heavy (non-hydrogen) atoms. The average molecular weight is 294 g/mol. The van der Waals surface area contributed by atoms with Crippen molar-refractivity contribution in [3.05, 3.63) is 40.4 Å². The monoisotopic (exact) mass is 293 g/mol. The number of nitrogens with zero attached hydrogens (tertiary/aromatic N) is 1. The highest BCUT2D eigenvalue weighted by atomic mass is 35.5. The number of hydrogen-bond donors (Lipinski definition) is 1. The first-order valence-electron chi connectivity index (χ1n) is 6.58. The van der Waals surface area contributed by atoms with Gasteiger partial charge in [0.1, 0.15) is 0 Å². The van der Waals surface area contributed by atoms with Crippen LogP contribution >= 0.6 is 11.6 Å². The third-order valence-electron chi connectivity index (χ3n) is 3.30. The molecule has 1 aromatic carbocycles. The quantitative estimate of drug-likeness (QED) is 0.871. The third-order valence-corrected chi connectivity index (χ3v) is 3.62. The van der Waals surface area contributed by atoms with Crippen molar-refractivity contribution in [2.45, 2.75) is 19.3 Å². The van der Waals surface area contributed by atoms with Crippen molar-refractivity contribution in [1.82, 2.24) is 4.90 Å². The zero-order chi connectivity index (χ0) is 14.5. The molecule has 0 saturated carbocycles. The maximum atomic E-state index is 12.3. The van der Waals surface area contributed by atoms with Gasteiger partial charge in [0.25, 0.3) is 5.91 Å². The molecule has 0 spiro atoms. The largest absolute Gasteiger partial charge is 0.478 e. The van der Waals surface area contributed by atoms with Gasteiger partial charge in [-0.2, -0.15) is 0 Å². The van der Waals surface area contributed by atoms with Crippen LogP contribution < -0.4 is 0 Å². The van der Waals surface area contributed by atoms with E-state index in [-0.39, 0.29) is 5.91 Å².